The van der Waals surface area contributed by atoms with Gasteiger partial charge in [0.2, 0.25) is 22.1 Å². The highest BCUT2D eigenvalue weighted by molar-refractivity contribution is 7.89. The Kier molecular flexibility index (Phi) is 10.9. The molecule has 4 rings (SSSR count). The number of urea groups is 2. The number of azo groups is 2. The Bertz CT molecular complexity index is 1900. The summed E-state index contributed by atoms with van der Waals surface area (Å²) in [5, 5.41) is 24.3. The van der Waals surface area contributed by atoms with E-state index in [1.165, 1.54) is 24.3 Å². The van der Waals surface area contributed by atoms with Crippen molar-refractivity contribution < 1.29 is 51.1 Å². The lowest BCUT2D eigenvalue weighted by Gasteiger charge is -2.30. The van der Waals surface area contributed by atoms with E-state index < -0.39 is 73.8 Å². The van der Waals surface area contributed by atoms with Gasteiger partial charge in [0.1, 0.15) is 0 Å². The number of hydrogen-bond donors (Lipinski definition) is 3. The summed E-state index contributed by atoms with van der Waals surface area (Å²) in [6.45, 7) is -0.516. The fraction of sp³-hybridized carbons (Fsp3) is 0.333. The third-order valence-corrected chi connectivity index (χ3v) is 9.52. The van der Waals surface area contributed by atoms with Gasteiger partial charge in [0.25, 0.3) is 23.6 Å². The summed E-state index contributed by atoms with van der Waals surface area (Å²) in [5.41, 5.74) is -0.429. The summed E-state index contributed by atoms with van der Waals surface area (Å²) in [6, 6.07) is 1.96. The van der Waals surface area contributed by atoms with Crippen LogP contribution in [0.3, 0.4) is 0 Å². The lowest BCUT2D eigenvalue weighted by atomic mass is 10.0. The number of carbonyl (C=O) groups is 6. The number of nitrogens with one attached hydrogen (secondary N) is 1. The highest BCUT2D eigenvalue weighted by Gasteiger charge is 2.44. The van der Waals surface area contributed by atoms with Gasteiger partial charge in [-0.2, -0.15) is 20.5 Å². The Morgan fingerprint density at radius 2 is 1.16 bits per heavy atom. The Hall–Kier alpha value is -5.16. The largest absolute Gasteiger partial charge is 0.396 e. The van der Waals surface area contributed by atoms with Crippen molar-refractivity contribution in [3.8, 4) is 11.1 Å². The molecule has 2 fully saturated rings. The van der Waals surface area contributed by atoms with Gasteiger partial charge in [0, 0.05) is 52.5 Å². The molecule has 2 aliphatic heterocycles. The molecular formula is C27H29N9O11S2. The van der Waals surface area contributed by atoms with Crippen LogP contribution in [0.4, 0.5) is 21.0 Å². The second kappa shape index (κ2) is 14.5. The van der Waals surface area contributed by atoms with Crippen molar-refractivity contribution in [2.75, 3.05) is 41.3 Å². The fourth-order valence-corrected chi connectivity index (χ4v) is 6.44. The number of barbiturate groups is 2. The molecule has 0 aliphatic carbocycles. The van der Waals surface area contributed by atoms with E-state index in [9.17, 15) is 45.9 Å². The fourth-order valence-electron chi connectivity index (χ4n) is 4.54. The molecule has 0 saturated carbocycles. The van der Waals surface area contributed by atoms with Gasteiger partial charge in [-0.3, -0.25) is 38.8 Å². The van der Waals surface area contributed by atoms with Gasteiger partial charge in [0.15, 0.2) is 11.1 Å². The van der Waals surface area contributed by atoms with E-state index in [1.807, 2.05) is 0 Å². The van der Waals surface area contributed by atoms with Crippen LogP contribution in [0.1, 0.15) is 6.42 Å². The highest BCUT2D eigenvalue weighted by atomic mass is 32.2. The van der Waals surface area contributed by atoms with Crippen molar-refractivity contribution in [2.24, 2.45) is 20.5 Å². The lowest BCUT2D eigenvalue weighted by Crippen LogP contribution is -2.58. The average Bonchev–Trinajstić information content (AvgIpc) is 3.08. The van der Waals surface area contributed by atoms with Crippen LogP contribution in [0.15, 0.2) is 66.6 Å². The highest BCUT2D eigenvalue weighted by Crippen LogP contribution is 2.36. The number of likely N-dealkylation sites (N-methyl/N-ethyl adjacent to an activating group) is 4. The maximum Gasteiger partial charge on any atom is 0.333 e. The molecule has 0 aromatic heterocycles. The minimum atomic E-state index is -4.42. The average molecular weight is 720 g/mol. The molecule has 1 unspecified atom stereocenters. The number of carbonyl (C=O) groups excluding carboxylic acids is 6. The molecule has 2 aliphatic rings. The van der Waals surface area contributed by atoms with Crippen molar-refractivity contribution in [1.29, 1.82) is 0 Å². The predicted molar refractivity (Wildman–Crippen MR) is 166 cm³/mol. The maximum absolute atomic E-state index is 13.5. The van der Waals surface area contributed by atoms with Gasteiger partial charge in [-0.15, -0.1) is 0 Å². The van der Waals surface area contributed by atoms with Crippen molar-refractivity contribution in [2.45, 2.75) is 28.3 Å². The molecule has 0 spiro atoms. The van der Waals surface area contributed by atoms with Crippen LogP contribution in [0, 0.1) is 0 Å². The van der Waals surface area contributed by atoms with Gasteiger partial charge in [-0.1, -0.05) is 12.1 Å². The second-order valence-corrected chi connectivity index (χ2v) is 13.1. The minimum absolute atomic E-state index is 0.0526. The normalized spacial score (nSPS) is 17.8. The molecule has 49 heavy (non-hydrogen) atoms. The molecule has 1 atom stereocenters. The number of rotatable bonds is 11. The van der Waals surface area contributed by atoms with Crippen molar-refractivity contribution in [3.63, 3.8) is 0 Å². The Morgan fingerprint density at radius 3 is 1.59 bits per heavy atom. The smallest absolute Gasteiger partial charge is 0.333 e. The first-order chi connectivity index (χ1) is 23.0. The monoisotopic (exact) mass is 719 g/mol. The lowest BCUT2D eigenvalue weighted by molar-refractivity contribution is -0.144. The zero-order valence-corrected chi connectivity index (χ0v) is 27.8. The summed E-state index contributed by atoms with van der Waals surface area (Å²) in [5.74, 6) is -3.79. The summed E-state index contributed by atoms with van der Waals surface area (Å²) < 4.78 is 51.9. The van der Waals surface area contributed by atoms with E-state index in [4.69, 9.17) is 5.11 Å². The standard InChI is InChI=1S/C27H29N9O11S2/c1-33-22(38)20(23(39)34(2)26(33)42)31-29-14-6-8-16(18(12-14)48(44)45)17-9-7-15(13-19(17)49(46,47)28-10-5-11-37)30-32-21-24(40)35(3)27(43)36(4)25(21)41/h6-9,12-13,20-21,28,37H,5,10-11H2,1-4H3,(H,44,45). The van der Waals surface area contributed by atoms with E-state index in [0.29, 0.717) is 19.6 Å². The molecule has 0 bridgehead atoms. The minimum Gasteiger partial charge on any atom is -0.396 e. The third-order valence-electron chi connectivity index (χ3n) is 7.31. The summed E-state index contributed by atoms with van der Waals surface area (Å²) in [6.07, 6.45) is 0.0526. The van der Waals surface area contributed by atoms with Crippen LogP contribution in [-0.4, -0.2) is 131 Å². The van der Waals surface area contributed by atoms with E-state index >= 15 is 0 Å². The van der Waals surface area contributed by atoms with Gasteiger partial charge < -0.3 is 9.66 Å². The summed E-state index contributed by atoms with van der Waals surface area (Å²) >= 11 is -2.76. The molecule has 2 aromatic rings. The number of nitrogens with zero attached hydrogens (tertiary/aromatic N) is 8. The first-order valence-electron chi connectivity index (χ1n) is 14.0. The number of imide groups is 4. The molecule has 260 valence electrons. The first kappa shape index (κ1) is 36.7. The van der Waals surface area contributed by atoms with Gasteiger partial charge in [-0.05, 0) is 30.7 Å². The zero-order chi connectivity index (χ0) is 36.4. The Labute approximate surface area is 280 Å². The maximum atomic E-state index is 13.5. The van der Waals surface area contributed by atoms with Crippen LogP contribution in [0.25, 0.3) is 11.1 Å². The molecule has 22 heteroatoms. The van der Waals surface area contributed by atoms with Gasteiger partial charge >= 0.3 is 12.1 Å². The van der Waals surface area contributed by atoms with E-state index in [1.54, 1.807) is 0 Å². The molecule has 3 N–H and O–H groups in total. The van der Waals surface area contributed by atoms with Crippen LogP contribution >= 0.6 is 0 Å². The number of benzene rings is 2. The van der Waals surface area contributed by atoms with E-state index in [2.05, 4.69) is 25.2 Å². The SMILES string of the molecule is CN1C(=O)C(N=Nc2ccc(-c3ccc(N=NC4C(=O)N(C)C(=O)N(C)C4=O)cc3S(=O)(=O)NCCCO)c(S(=O)O)c2)C(=O)N(C)C1=O. The molecule has 2 heterocycles. The number of aliphatic hydroxyl groups is 1. The van der Waals surface area contributed by atoms with Crippen LogP contribution in [0.5, 0.6) is 0 Å². The topological polar surface area (TPSA) is 269 Å². The first-order valence-corrected chi connectivity index (χ1v) is 16.6. The molecule has 2 aromatic carbocycles. The molecule has 20 nitrogen and oxygen atoms in total. The zero-order valence-electron chi connectivity index (χ0n) is 26.2. The number of aliphatic hydroxyl groups excluding tert-OH is 1. The van der Waals surface area contributed by atoms with E-state index in [-0.39, 0.29) is 47.0 Å². The molecule has 0 radical (unpaired) electrons. The van der Waals surface area contributed by atoms with Crippen molar-refractivity contribution >= 4 is 68.2 Å². The Balaban J connectivity index is 1.76. The third kappa shape index (κ3) is 7.31. The van der Waals surface area contributed by atoms with Gasteiger partial charge in [-0.25, -0.2) is 26.9 Å². The molecule has 8 amide bonds. The molecular weight excluding hydrogens is 690 g/mol. The summed E-state index contributed by atoms with van der Waals surface area (Å²) in [7, 11) is 0.192. The Morgan fingerprint density at radius 1 is 0.735 bits per heavy atom. The second-order valence-electron chi connectivity index (χ2n) is 10.5. The quantitative estimate of drug-likeness (QED) is 0.125. The van der Waals surface area contributed by atoms with Crippen molar-refractivity contribution in [1.82, 2.24) is 24.3 Å². The van der Waals surface area contributed by atoms with Crippen molar-refractivity contribution in [3.05, 3.63) is 36.4 Å². The van der Waals surface area contributed by atoms with E-state index in [0.717, 1.165) is 40.3 Å². The number of hydrogen-bond acceptors (Lipinski definition) is 14. The summed E-state index contributed by atoms with van der Waals surface area (Å²) in [4.78, 5) is 75.9. The number of amides is 8. The van der Waals surface area contributed by atoms with Gasteiger partial charge in [0.05, 0.1) is 21.2 Å². The predicted octanol–water partition coefficient (Wildman–Crippen LogP) is 0.600. The van der Waals surface area contributed by atoms with Crippen LogP contribution in [-0.2, 0) is 40.3 Å². The van der Waals surface area contributed by atoms with Crippen LogP contribution < -0.4 is 4.72 Å². The number of sulfonamides is 1. The molecule has 2 saturated heterocycles. The van der Waals surface area contributed by atoms with Crippen LogP contribution in [0.2, 0.25) is 0 Å².